The summed E-state index contributed by atoms with van der Waals surface area (Å²) in [5, 5.41) is 3.26. The Morgan fingerprint density at radius 3 is 2.69 bits per heavy atom. The van der Waals surface area contributed by atoms with E-state index < -0.39 is 12.1 Å². The van der Waals surface area contributed by atoms with Crippen molar-refractivity contribution >= 4 is 22.4 Å². The molecule has 0 radical (unpaired) electrons. The predicted molar refractivity (Wildman–Crippen MR) is 54.2 cm³/mol. The molecule has 1 heterocycles. The van der Waals surface area contributed by atoms with E-state index >= 15 is 0 Å². The van der Waals surface area contributed by atoms with Crippen molar-refractivity contribution in [3.63, 3.8) is 0 Å². The summed E-state index contributed by atoms with van der Waals surface area (Å²) in [5.74, 6) is -2.00. The molecule has 16 heavy (non-hydrogen) atoms. The fourth-order valence-electron chi connectivity index (χ4n) is 0.929. The van der Waals surface area contributed by atoms with Gasteiger partial charge in [-0.05, 0) is 14.1 Å². The fraction of sp³-hybridized carbons (Fsp3) is 0.500. The van der Waals surface area contributed by atoms with Crippen LogP contribution in [0.1, 0.15) is 5.69 Å². The minimum Gasteiger partial charge on any atom is -0.304 e. The number of halogens is 3. The van der Waals surface area contributed by atoms with Crippen molar-refractivity contribution in [2.45, 2.75) is 12.7 Å². The fourth-order valence-corrected chi connectivity index (χ4v) is 1.63. The number of hydrogen-bond acceptors (Lipinski definition) is 4. The molecule has 4 nitrogen and oxygen atoms in total. The molecular formula is C8H10F3N3OS. The van der Waals surface area contributed by atoms with Gasteiger partial charge in [0.25, 0.3) is 0 Å². The van der Waals surface area contributed by atoms with Gasteiger partial charge in [0.15, 0.2) is 5.13 Å². The first kappa shape index (κ1) is 12.9. The third-order valence-corrected chi connectivity index (χ3v) is 2.31. The predicted octanol–water partition coefficient (Wildman–Crippen LogP) is 1.71. The first-order valence-electron chi connectivity index (χ1n) is 4.26. The number of rotatable bonds is 3. The molecule has 1 aromatic heterocycles. The third-order valence-electron chi connectivity index (χ3n) is 1.51. The van der Waals surface area contributed by atoms with Gasteiger partial charge < -0.3 is 4.90 Å². The zero-order valence-corrected chi connectivity index (χ0v) is 9.45. The molecule has 0 aromatic carbocycles. The van der Waals surface area contributed by atoms with Crippen molar-refractivity contribution in [2.75, 3.05) is 19.4 Å². The Labute approximate surface area is 94.1 Å². The topological polar surface area (TPSA) is 45.2 Å². The standard InChI is InChI=1S/C8H10F3N3OS/c1-14(2)3-5-4-16-7(12-5)13-6(15)8(9,10)11/h4H,3H2,1-2H3,(H,12,13,15). The van der Waals surface area contributed by atoms with Gasteiger partial charge in [-0.15, -0.1) is 11.3 Å². The minimum atomic E-state index is -4.88. The maximum absolute atomic E-state index is 11.9. The van der Waals surface area contributed by atoms with Crippen LogP contribution in [0.25, 0.3) is 0 Å². The van der Waals surface area contributed by atoms with Crippen LogP contribution in [0.4, 0.5) is 18.3 Å². The first-order chi connectivity index (χ1) is 7.29. The van der Waals surface area contributed by atoms with Crippen LogP contribution in [0.15, 0.2) is 5.38 Å². The van der Waals surface area contributed by atoms with E-state index in [0.29, 0.717) is 12.2 Å². The van der Waals surface area contributed by atoms with Crippen molar-refractivity contribution in [2.24, 2.45) is 0 Å². The van der Waals surface area contributed by atoms with Gasteiger partial charge in [0, 0.05) is 11.9 Å². The minimum absolute atomic E-state index is 0.0424. The number of carbonyl (C=O) groups is 1. The van der Waals surface area contributed by atoms with Gasteiger partial charge in [-0.25, -0.2) is 4.98 Å². The number of nitrogens with one attached hydrogen (secondary N) is 1. The highest BCUT2D eigenvalue weighted by Gasteiger charge is 2.39. The molecule has 1 rings (SSSR count). The van der Waals surface area contributed by atoms with Crippen LogP contribution < -0.4 is 5.32 Å². The number of anilines is 1. The van der Waals surface area contributed by atoms with Crippen LogP contribution in [-0.2, 0) is 11.3 Å². The Kier molecular flexibility index (Phi) is 3.87. The van der Waals surface area contributed by atoms with Crippen LogP contribution in [0.5, 0.6) is 0 Å². The zero-order chi connectivity index (χ0) is 12.3. The molecule has 0 spiro atoms. The highest BCUT2D eigenvalue weighted by Crippen LogP contribution is 2.21. The number of nitrogens with zero attached hydrogens (tertiary/aromatic N) is 2. The molecule has 0 aliphatic rings. The van der Waals surface area contributed by atoms with Gasteiger partial charge in [0.1, 0.15) is 0 Å². The molecule has 0 atom stereocenters. The van der Waals surface area contributed by atoms with Crippen molar-refractivity contribution < 1.29 is 18.0 Å². The summed E-state index contributed by atoms with van der Waals surface area (Å²) in [6.07, 6.45) is -4.88. The number of hydrogen-bond donors (Lipinski definition) is 1. The van der Waals surface area contributed by atoms with Crippen LogP contribution >= 0.6 is 11.3 Å². The molecular weight excluding hydrogens is 243 g/mol. The van der Waals surface area contributed by atoms with E-state index in [1.165, 1.54) is 0 Å². The highest BCUT2D eigenvalue weighted by molar-refractivity contribution is 7.13. The summed E-state index contributed by atoms with van der Waals surface area (Å²) >= 11 is 0.966. The molecule has 0 saturated heterocycles. The molecule has 0 aliphatic carbocycles. The summed E-state index contributed by atoms with van der Waals surface area (Å²) in [4.78, 5) is 16.3. The molecule has 0 saturated carbocycles. The number of thiazole rings is 1. The smallest absolute Gasteiger partial charge is 0.304 e. The normalized spacial score (nSPS) is 11.9. The Balaban J connectivity index is 2.62. The lowest BCUT2D eigenvalue weighted by molar-refractivity contribution is -0.167. The van der Waals surface area contributed by atoms with E-state index in [1.54, 1.807) is 10.7 Å². The van der Waals surface area contributed by atoms with Crippen molar-refractivity contribution in [1.29, 1.82) is 0 Å². The number of alkyl halides is 3. The monoisotopic (exact) mass is 253 g/mol. The van der Waals surface area contributed by atoms with Crippen molar-refractivity contribution in [3.05, 3.63) is 11.1 Å². The van der Waals surface area contributed by atoms with Gasteiger partial charge in [0.05, 0.1) is 5.69 Å². The molecule has 0 unspecified atom stereocenters. The third kappa shape index (κ3) is 3.78. The van der Waals surface area contributed by atoms with E-state index in [9.17, 15) is 18.0 Å². The van der Waals surface area contributed by atoms with E-state index in [0.717, 1.165) is 11.3 Å². The molecule has 1 aromatic rings. The summed E-state index contributed by atoms with van der Waals surface area (Å²) < 4.78 is 35.7. The maximum atomic E-state index is 11.9. The quantitative estimate of drug-likeness (QED) is 0.891. The summed E-state index contributed by atoms with van der Waals surface area (Å²) in [6, 6.07) is 0. The highest BCUT2D eigenvalue weighted by atomic mass is 32.1. The van der Waals surface area contributed by atoms with E-state index in [2.05, 4.69) is 4.98 Å². The van der Waals surface area contributed by atoms with Gasteiger partial charge in [-0.3, -0.25) is 10.1 Å². The largest absolute Gasteiger partial charge is 0.471 e. The van der Waals surface area contributed by atoms with Crippen LogP contribution in [0.2, 0.25) is 0 Å². The van der Waals surface area contributed by atoms with Crippen LogP contribution in [0.3, 0.4) is 0 Å². The summed E-state index contributed by atoms with van der Waals surface area (Å²) in [7, 11) is 3.63. The van der Waals surface area contributed by atoms with Crippen LogP contribution in [0, 0.1) is 0 Å². The second kappa shape index (κ2) is 4.79. The molecule has 1 amide bonds. The van der Waals surface area contributed by atoms with Crippen molar-refractivity contribution in [1.82, 2.24) is 9.88 Å². The van der Waals surface area contributed by atoms with E-state index in [1.807, 2.05) is 19.0 Å². The maximum Gasteiger partial charge on any atom is 0.471 e. The second-order valence-corrected chi connectivity index (χ2v) is 4.19. The molecule has 90 valence electrons. The van der Waals surface area contributed by atoms with Crippen LogP contribution in [-0.4, -0.2) is 36.1 Å². The Hall–Kier alpha value is -1.15. The van der Waals surface area contributed by atoms with Crippen molar-refractivity contribution in [3.8, 4) is 0 Å². The molecule has 0 bridgehead atoms. The summed E-state index contributed by atoms with van der Waals surface area (Å²) in [5.41, 5.74) is 0.618. The van der Waals surface area contributed by atoms with Gasteiger partial charge >= 0.3 is 12.1 Å². The Morgan fingerprint density at radius 2 is 2.19 bits per heavy atom. The average Bonchev–Trinajstić information content (AvgIpc) is 2.49. The number of carbonyl (C=O) groups excluding carboxylic acids is 1. The SMILES string of the molecule is CN(C)Cc1csc(NC(=O)C(F)(F)F)n1. The lowest BCUT2D eigenvalue weighted by Crippen LogP contribution is -2.29. The Morgan fingerprint density at radius 1 is 1.56 bits per heavy atom. The first-order valence-corrected chi connectivity index (χ1v) is 5.14. The molecule has 0 fully saturated rings. The number of aromatic nitrogens is 1. The number of amides is 1. The van der Waals surface area contributed by atoms with Gasteiger partial charge in [-0.1, -0.05) is 0 Å². The second-order valence-electron chi connectivity index (χ2n) is 3.33. The van der Waals surface area contributed by atoms with E-state index in [4.69, 9.17) is 0 Å². The molecule has 8 heteroatoms. The molecule has 0 aliphatic heterocycles. The lowest BCUT2D eigenvalue weighted by Gasteiger charge is -2.06. The molecule has 1 N–H and O–H groups in total. The van der Waals surface area contributed by atoms with Gasteiger partial charge in [-0.2, -0.15) is 13.2 Å². The van der Waals surface area contributed by atoms with Gasteiger partial charge in [0.2, 0.25) is 0 Å². The zero-order valence-electron chi connectivity index (χ0n) is 8.63. The average molecular weight is 253 g/mol. The summed E-state index contributed by atoms with van der Waals surface area (Å²) in [6.45, 7) is 0.512. The van der Waals surface area contributed by atoms with E-state index in [-0.39, 0.29) is 5.13 Å². The Bertz CT molecular complexity index is 375. The lowest BCUT2D eigenvalue weighted by atomic mass is 10.5.